The van der Waals surface area contributed by atoms with Crippen LogP contribution in [0.3, 0.4) is 0 Å². The van der Waals surface area contributed by atoms with Crippen molar-refractivity contribution in [1.82, 2.24) is 0 Å². The minimum absolute atomic E-state index is 0.972. The van der Waals surface area contributed by atoms with Gasteiger partial charge in [0.05, 0.1) is 0 Å². The number of benzene rings is 2. The number of rotatable bonds is 0. The van der Waals surface area contributed by atoms with Crippen molar-refractivity contribution in [2.45, 2.75) is 6.42 Å². The van der Waals surface area contributed by atoms with Gasteiger partial charge in [0, 0.05) is 0 Å². The third-order valence-corrected chi connectivity index (χ3v) is 3.76. The zero-order valence-electron chi connectivity index (χ0n) is 9.53. The van der Waals surface area contributed by atoms with Crippen LogP contribution in [0.4, 0.5) is 0 Å². The van der Waals surface area contributed by atoms with Crippen molar-refractivity contribution in [3.63, 3.8) is 0 Å². The van der Waals surface area contributed by atoms with Gasteiger partial charge in [0.1, 0.15) is 0 Å². The Balaban J connectivity index is 2.32. The molecule has 0 bridgehead atoms. The molecule has 0 nitrogen and oxygen atoms in total. The van der Waals surface area contributed by atoms with E-state index in [0.29, 0.717) is 0 Å². The van der Waals surface area contributed by atoms with Gasteiger partial charge in [-0.25, -0.2) is 0 Å². The summed E-state index contributed by atoms with van der Waals surface area (Å²) in [7, 11) is 0. The number of fused-ring (bicyclic) bond motifs is 3. The van der Waals surface area contributed by atoms with Crippen molar-refractivity contribution in [1.29, 1.82) is 0 Å². The minimum atomic E-state index is 0.972. The van der Waals surface area contributed by atoms with Gasteiger partial charge in [-0.15, -0.1) is 0 Å². The molecule has 0 saturated carbocycles. The molecule has 0 fully saturated rings. The average Bonchev–Trinajstić information content (AvgIpc) is 2.71. The maximum atomic E-state index is 4.23. The summed E-state index contributed by atoms with van der Waals surface area (Å²) < 4.78 is 0. The van der Waals surface area contributed by atoms with Crippen LogP contribution in [0.25, 0.3) is 22.8 Å². The highest BCUT2D eigenvalue weighted by Gasteiger charge is 2.22. The molecule has 4 rings (SSSR count). The number of hydrogen-bond acceptors (Lipinski definition) is 0. The van der Waals surface area contributed by atoms with Gasteiger partial charge in [-0.3, -0.25) is 0 Å². The summed E-state index contributed by atoms with van der Waals surface area (Å²) in [4.78, 5) is 0. The standard InChI is InChI=1S/C17H12/c1-11-9-10-12-5-4-8-15-13-6-2-3-7-14(13)16(11)17(12)15/h2-8,10H,1,9H2. The first-order chi connectivity index (χ1) is 8.36. The highest BCUT2D eigenvalue weighted by molar-refractivity contribution is 5.96. The fourth-order valence-electron chi connectivity index (χ4n) is 3.02. The Hall–Kier alpha value is -2.08. The average molecular weight is 216 g/mol. The molecule has 17 heavy (non-hydrogen) atoms. The highest BCUT2D eigenvalue weighted by Crippen LogP contribution is 2.35. The van der Waals surface area contributed by atoms with Crippen LogP contribution < -0.4 is 10.4 Å². The lowest BCUT2D eigenvalue weighted by Gasteiger charge is -2.10. The van der Waals surface area contributed by atoms with Crippen LogP contribution in [0, 0.1) is 0 Å². The summed E-state index contributed by atoms with van der Waals surface area (Å²) in [6, 6.07) is 15.2. The van der Waals surface area contributed by atoms with Crippen LogP contribution in [-0.2, 0) is 0 Å². The van der Waals surface area contributed by atoms with Crippen molar-refractivity contribution in [2.24, 2.45) is 0 Å². The molecule has 0 heterocycles. The smallest absolute Gasteiger partial charge is 0.00268 e. The van der Waals surface area contributed by atoms with E-state index in [2.05, 4.69) is 55.1 Å². The summed E-state index contributed by atoms with van der Waals surface area (Å²) in [6.45, 7) is 4.23. The molecule has 0 heteroatoms. The summed E-state index contributed by atoms with van der Waals surface area (Å²) in [5.41, 5.74) is 6.69. The normalized spacial score (nSPS) is 15.3. The van der Waals surface area contributed by atoms with Crippen LogP contribution in [-0.4, -0.2) is 0 Å². The monoisotopic (exact) mass is 216 g/mol. The topological polar surface area (TPSA) is 0 Å². The van der Waals surface area contributed by atoms with Crippen LogP contribution in [0.5, 0.6) is 0 Å². The summed E-state index contributed by atoms with van der Waals surface area (Å²) in [5.74, 6) is 0. The van der Waals surface area contributed by atoms with E-state index in [4.69, 9.17) is 0 Å². The van der Waals surface area contributed by atoms with Crippen molar-refractivity contribution in [3.05, 3.63) is 70.6 Å². The van der Waals surface area contributed by atoms with Gasteiger partial charge in [-0.2, -0.15) is 0 Å². The van der Waals surface area contributed by atoms with E-state index in [1.807, 2.05) is 0 Å². The molecule has 2 aromatic rings. The third-order valence-electron chi connectivity index (χ3n) is 3.76. The lowest BCUT2D eigenvalue weighted by Crippen LogP contribution is -2.29. The first-order valence-electron chi connectivity index (χ1n) is 5.98. The lowest BCUT2D eigenvalue weighted by molar-refractivity contribution is 1.31. The molecule has 80 valence electrons. The molecule has 0 unspecified atom stereocenters. The predicted molar refractivity (Wildman–Crippen MR) is 71.9 cm³/mol. The molecule has 0 saturated heterocycles. The zero-order chi connectivity index (χ0) is 11.4. The van der Waals surface area contributed by atoms with Crippen molar-refractivity contribution < 1.29 is 0 Å². The van der Waals surface area contributed by atoms with Gasteiger partial charge in [-0.05, 0) is 44.7 Å². The predicted octanol–water partition coefficient (Wildman–Crippen LogP) is 2.61. The van der Waals surface area contributed by atoms with Crippen molar-refractivity contribution in [2.75, 3.05) is 0 Å². The fraction of sp³-hybridized carbons (Fsp3) is 0.0588. The third kappa shape index (κ3) is 1.03. The van der Waals surface area contributed by atoms with Crippen LogP contribution in [0.15, 0.2) is 54.6 Å². The summed E-state index contributed by atoms with van der Waals surface area (Å²) in [5, 5.41) is 2.76. The fourth-order valence-corrected chi connectivity index (χ4v) is 3.02. The largest absolute Gasteiger partial charge is 0.0949 e. The van der Waals surface area contributed by atoms with Crippen LogP contribution in [0.2, 0.25) is 0 Å². The van der Waals surface area contributed by atoms with Gasteiger partial charge in [0.15, 0.2) is 0 Å². The van der Waals surface area contributed by atoms with E-state index in [0.717, 1.165) is 6.42 Å². The Kier molecular flexibility index (Phi) is 1.58. The van der Waals surface area contributed by atoms with Crippen molar-refractivity contribution >= 4 is 11.6 Å². The van der Waals surface area contributed by atoms with Gasteiger partial charge < -0.3 is 0 Å². The Bertz CT molecular complexity index is 776. The highest BCUT2D eigenvalue weighted by atomic mass is 14.3. The second-order valence-corrected chi connectivity index (χ2v) is 4.70. The molecular weight excluding hydrogens is 204 g/mol. The lowest BCUT2D eigenvalue weighted by atomic mass is 9.94. The van der Waals surface area contributed by atoms with Gasteiger partial charge in [0.25, 0.3) is 0 Å². The molecule has 0 aromatic heterocycles. The van der Waals surface area contributed by atoms with Crippen LogP contribution in [0.1, 0.15) is 12.0 Å². The summed E-state index contributed by atoms with van der Waals surface area (Å²) in [6.07, 6.45) is 3.26. The Morgan fingerprint density at radius 2 is 1.59 bits per heavy atom. The van der Waals surface area contributed by atoms with Crippen molar-refractivity contribution in [3.8, 4) is 11.1 Å². The van der Waals surface area contributed by atoms with E-state index in [1.54, 1.807) is 0 Å². The first kappa shape index (κ1) is 9.00. The van der Waals surface area contributed by atoms with E-state index in [-0.39, 0.29) is 0 Å². The second-order valence-electron chi connectivity index (χ2n) is 4.70. The van der Waals surface area contributed by atoms with Crippen LogP contribution >= 0.6 is 0 Å². The SMILES string of the molecule is C=C1CC=c2cccc3c2=C1c1ccccc1-3. The quantitative estimate of drug-likeness (QED) is 0.635. The van der Waals surface area contributed by atoms with Gasteiger partial charge in [0.2, 0.25) is 0 Å². The summed E-state index contributed by atoms with van der Waals surface area (Å²) >= 11 is 0. The van der Waals surface area contributed by atoms with E-state index in [1.165, 1.54) is 38.3 Å². The Morgan fingerprint density at radius 3 is 2.47 bits per heavy atom. The molecular formula is C17H12. The Morgan fingerprint density at radius 1 is 0.824 bits per heavy atom. The van der Waals surface area contributed by atoms with Gasteiger partial charge in [-0.1, -0.05) is 55.1 Å². The number of allylic oxidation sites excluding steroid dienone is 1. The molecule has 0 spiro atoms. The van der Waals surface area contributed by atoms with E-state index >= 15 is 0 Å². The molecule has 2 aliphatic rings. The van der Waals surface area contributed by atoms with E-state index < -0.39 is 0 Å². The second kappa shape index (κ2) is 2.98. The minimum Gasteiger partial charge on any atom is -0.0949 e. The number of hydrogen-bond donors (Lipinski definition) is 0. The molecule has 0 N–H and O–H groups in total. The maximum Gasteiger partial charge on any atom is -0.00268 e. The zero-order valence-corrected chi connectivity index (χ0v) is 9.53. The Labute approximate surface area is 100 Å². The molecule has 2 aromatic carbocycles. The van der Waals surface area contributed by atoms with Gasteiger partial charge >= 0.3 is 0 Å². The van der Waals surface area contributed by atoms with E-state index in [9.17, 15) is 0 Å². The molecule has 2 aliphatic carbocycles. The molecule has 0 amide bonds. The molecule has 0 radical (unpaired) electrons. The first-order valence-corrected chi connectivity index (χ1v) is 5.98. The molecule has 0 atom stereocenters. The maximum absolute atomic E-state index is 4.23. The molecule has 0 aliphatic heterocycles.